The largest absolute Gasteiger partial charge is 0.393 e. The van der Waals surface area contributed by atoms with Crippen molar-refractivity contribution >= 4 is 5.57 Å². The van der Waals surface area contributed by atoms with Crippen molar-refractivity contribution in [3.8, 4) is 0 Å². The Morgan fingerprint density at radius 1 is 1.07 bits per heavy atom. The maximum absolute atomic E-state index is 14.6. The number of rotatable bonds is 1. The maximum Gasteiger partial charge on any atom is 0.220 e. The highest BCUT2D eigenvalue weighted by atomic mass is 19.1. The summed E-state index contributed by atoms with van der Waals surface area (Å²) in [6.07, 6.45) is 13.7. The first-order valence-corrected chi connectivity index (χ1v) is 11.0. The van der Waals surface area contributed by atoms with Gasteiger partial charge in [0.1, 0.15) is 0 Å². The number of nitrogens with zero attached hydrogens (tertiary/aromatic N) is 1. The van der Waals surface area contributed by atoms with Crippen molar-refractivity contribution in [2.45, 2.75) is 71.8 Å². The van der Waals surface area contributed by atoms with Crippen LogP contribution in [0, 0.1) is 41.5 Å². The molecule has 1 unspecified atom stereocenters. The Morgan fingerprint density at radius 3 is 2.68 bits per heavy atom. The molecule has 0 spiro atoms. The van der Waals surface area contributed by atoms with E-state index in [0.29, 0.717) is 17.8 Å². The lowest BCUT2D eigenvalue weighted by Crippen LogP contribution is -2.49. The Kier molecular flexibility index (Phi) is 4.14. The van der Waals surface area contributed by atoms with Gasteiger partial charge in [0.05, 0.1) is 6.10 Å². The lowest BCUT2D eigenvalue weighted by atomic mass is 9.47. The van der Waals surface area contributed by atoms with Crippen LogP contribution in [0.1, 0.15) is 69.9 Å². The molecule has 3 heteroatoms. The van der Waals surface area contributed by atoms with Crippen LogP contribution >= 0.6 is 0 Å². The molecule has 5 rings (SSSR count). The molecule has 4 aliphatic carbocycles. The summed E-state index contributed by atoms with van der Waals surface area (Å²) in [5.74, 6) is 1.63. The van der Waals surface area contributed by atoms with Crippen molar-refractivity contribution < 1.29 is 9.50 Å². The van der Waals surface area contributed by atoms with Crippen LogP contribution in [0.5, 0.6) is 0 Å². The van der Waals surface area contributed by atoms with E-state index >= 15 is 0 Å². The summed E-state index contributed by atoms with van der Waals surface area (Å²) in [5.41, 5.74) is 4.76. The molecule has 1 heterocycles. The topological polar surface area (TPSA) is 33.1 Å². The van der Waals surface area contributed by atoms with Crippen LogP contribution in [0.4, 0.5) is 4.39 Å². The van der Waals surface area contributed by atoms with Crippen LogP contribution in [-0.4, -0.2) is 16.2 Å². The molecule has 0 saturated heterocycles. The minimum Gasteiger partial charge on any atom is -0.393 e. The number of aliphatic hydroxyl groups excluding tert-OH is 1. The van der Waals surface area contributed by atoms with E-state index in [1.807, 2.05) is 13.0 Å². The number of aliphatic hydroxyl groups is 1. The molecule has 2 saturated carbocycles. The smallest absolute Gasteiger partial charge is 0.220 e. The fourth-order valence-electron chi connectivity index (χ4n) is 7.37. The van der Waals surface area contributed by atoms with Crippen LogP contribution in [0.3, 0.4) is 0 Å². The number of hydrogen-bond acceptors (Lipinski definition) is 2. The van der Waals surface area contributed by atoms with Gasteiger partial charge in [-0.05, 0) is 97.7 Å². The van der Waals surface area contributed by atoms with Crippen molar-refractivity contribution in [3.05, 3.63) is 47.1 Å². The number of halogens is 1. The van der Waals surface area contributed by atoms with E-state index < -0.39 is 0 Å². The van der Waals surface area contributed by atoms with Gasteiger partial charge in [0.25, 0.3) is 0 Å². The third-order valence-corrected chi connectivity index (χ3v) is 8.92. The number of aromatic nitrogens is 1. The predicted molar refractivity (Wildman–Crippen MR) is 110 cm³/mol. The predicted octanol–water partition coefficient (Wildman–Crippen LogP) is 5.85. The Morgan fingerprint density at radius 2 is 1.86 bits per heavy atom. The first-order chi connectivity index (χ1) is 13.3. The molecule has 2 fully saturated rings. The highest BCUT2D eigenvalue weighted by molar-refractivity contribution is 5.73. The van der Waals surface area contributed by atoms with Gasteiger partial charge in [-0.15, -0.1) is 0 Å². The molecule has 1 N–H and O–H groups in total. The van der Waals surface area contributed by atoms with Crippen molar-refractivity contribution in [2.24, 2.45) is 28.6 Å². The third kappa shape index (κ3) is 2.51. The van der Waals surface area contributed by atoms with E-state index in [4.69, 9.17) is 0 Å². The number of hydrogen-bond donors (Lipinski definition) is 1. The summed E-state index contributed by atoms with van der Waals surface area (Å²) in [4.78, 5) is 4.00. The zero-order chi connectivity index (χ0) is 19.7. The van der Waals surface area contributed by atoms with Crippen molar-refractivity contribution in [3.63, 3.8) is 0 Å². The van der Waals surface area contributed by atoms with Gasteiger partial charge in [0.2, 0.25) is 5.95 Å². The van der Waals surface area contributed by atoms with E-state index in [1.54, 1.807) is 6.20 Å². The molecule has 0 amide bonds. The highest BCUT2D eigenvalue weighted by Crippen LogP contribution is 2.66. The summed E-state index contributed by atoms with van der Waals surface area (Å²) in [6, 6.07) is 1.98. The number of allylic oxidation sites excluding steroid dienone is 3. The molecule has 0 aromatic carbocycles. The summed E-state index contributed by atoms with van der Waals surface area (Å²) < 4.78 is 14.6. The molecule has 1 aromatic rings. The molecule has 2 nitrogen and oxygen atoms in total. The molecule has 6 atom stereocenters. The standard InChI is InChI=1S/C25H32FNO/c1-15-12-19(23(26)27-14-15)21-7-6-20-18-5-4-16-13-17(28)8-10-24(16,2)22(18)9-11-25(20,21)3/h4,7,12,14,17-18,20,22,28H,5-6,8-11,13H2,1-3H3/t17-,18-,20?,22-,24-,25-/m0/s1. The highest BCUT2D eigenvalue weighted by Gasteiger charge is 2.57. The van der Waals surface area contributed by atoms with Crippen molar-refractivity contribution in [1.29, 1.82) is 0 Å². The Labute approximate surface area is 168 Å². The van der Waals surface area contributed by atoms with E-state index in [1.165, 1.54) is 17.6 Å². The van der Waals surface area contributed by atoms with Crippen LogP contribution in [-0.2, 0) is 0 Å². The van der Waals surface area contributed by atoms with E-state index in [9.17, 15) is 9.50 Å². The summed E-state index contributed by atoms with van der Waals surface area (Å²) in [7, 11) is 0. The van der Waals surface area contributed by atoms with E-state index in [2.05, 4.69) is 31.0 Å². The monoisotopic (exact) mass is 381 g/mol. The maximum atomic E-state index is 14.6. The van der Waals surface area contributed by atoms with E-state index in [-0.39, 0.29) is 22.9 Å². The molecule has 0 aliphatic heterocycles. The molecular formula is C25H32FNO. The second-order valence-corrected chi connectivity index (χ2v) is 10.3. The normalized spacial score (nSPS) is 42.2. The number of fused-ring (bicyclic) bond motifs is 5. The van der Waals surface area contributed by atoms with Gasteiger partial charge in [-0.1, -0.05) is 31.6 Å². The van der Waals surface area contributed by atoms with Gasteiger partial charge >= 0.3 is 0 Å². The van der Waals surface area contributed by atoms with Crippen molar-refractivity contribution in [1.82, 2.24) is 4.98 Å². The first kappa shape index (κ1) is 18.5. The summed E-state index contributed by atoms with van der Waals surface area (Å²) in [5, 5.41) is 10.2. The molecule has 28 heavy (non-hydrogen) atoms. The van der Waals surface area contributed by atoms with Crippen LogP contribution in [0.15, 0.2) is 30.0 Å². The molecule has 0 radical (unpaired) electrons. The summed E-state index contributed by atoms with van der Waals surface area (Å²) in [6.45, 7) is 6.83. The van der Waals surface area contributed by atoms with Crippen LogP contribution < -0.4 is 0 Å². The SMILES string of the molecule is Cc1cnc(F)c(C2=CCC3[C@@H]4CC=C5C[C@@H](O)CC[C@]5(C)[C@H]4CC[C@]23C)c1. The second kappa shape index (κ2) is 6.26. The van der Waals surface area contributed by atoms with Gasteiger partial charge in [-0.3, -0.25) is 0 Å². The minimum atomic E-state index is -0.320. The fraction of sp³-hybridized carbons (Fsp3) is 0.640. The Balaban J connectivity index is 1.49. The lowest BCUT2D eigenvalue weighted by Gasteiger charge is -2.57. The van der Waals surface area contributed by atoms with Crippen LogP contribution in [0.25, 0.3) is 5.57 Å². The van der Waals surface area contributed by atoms with Gasteiger partial charge < -0.3 is 5.11 Å². The molecule has 0 bridgehead atoms. The molecule has 150 valence electrons. The average molecular weight is 382 g/mol. The Hall–Kier alpha value is -1.48. The van der Waals surface area contributed by atoms with Crippen molar-refractivity contribution in [2.75, 3.05) is 0 Å². The number of pyridine rings is 1. The van der Waals surface area contributed by atoms with Gasteiger partial charge in [0.15, 0.2) is 0 Å². The zero-order valence-electron chi connectivity index (χ0n) is 17.3. The van der Waals surface area contributed by atoms with Gasteiger partial charge in [0, 0.05) is 11.8 Å². The quantitative estimate of drug-likeness (QED) is 0.489. The lowest BCUT2D eigenvalue weighted by molar-refractivity contribution is -0.0238. The fourth-order valence-corrected chi connectivity index (χ4v) is 7.37. The summed E-state index contributed by atoms with van der Waals surface area (Å²) >= 11 is 0. The average Bonchev–Trinajstić information content (AvgIpc) is 3.01. The van der Waals surface area contributed by atoms with Crippen LogP contribution in [0.2, 0.25) is 0 Å². The molecule has 1 aromatic heterocycles. The first-order valence-electron chi connectivity index (χ1n) is 11.0. The molecular weight excluding hydrogens is 349 g/mol. The molecule has 4 aliphatic rings. The zero-order valence-corrected chi connectivity index (χ0v) is 17.3. The Bertz CT molecular complexity index is 873. The van der Waals surface area contributed by atoms with E-state index in [0.717, 1.165) is 49.7 Å². The second-order valence-electron chi connectivity index (χ2n) is 10.3. The van der Waals surface area contributed by atoms with Gasteiger partial charge in [-0.25, -0.2) is 4.98 Å². The minimum absolute atomic E-state index is 0.0490. The third-order valence-electron chi connectivity index (χ3n) is 8.92. The van der Waals surface area contributed by atoms with Gasteiger partial charge in [-0.2, -0.15) is 4.39 Å². The number of aryl methyl sites for hydroxylation is 1.